The van der Waals surface area contributed by atoms with E-state index in [4.69, 9.17) is 0 Å². The van der Waals surface area contributed by atoms with Crippen LogP contribution >= 0.6 is 0 Å². The van der Waals surface area contributed by atoms with Crippen molar-refractivity contribution in [3.63, 3.8) is 0 Å². The number of hydrazine groups is 1. The number of halogens is 3. The molecule has 2 N–H and O–H groups in total. The van der Waals surface area contributed by atoms with Gasteiger partial charge in [-0.1, -0.05) is 42.8 Å². The van der Waals surface area contributed by atoms with Crippen molar-refractivity contribution < 1.29 is 22.8 Å². The summed E-state index contributed by atoms with van der Waals surface area (Å²) in [7, 11) is 0. The highest BCUT2D eigenvalue weighted by Gasteiger charge is 2.40. The molecule has 12 heteroatoms. The van der Waals surface area contributed by atoms with Crippen LogP contribution in [0.4, 0.5) is 13.2 Å². The molecule has 2 heterocycles. The molecule has 2 amide bonds. The minimum atomic E-state index is -4.91. The zero-order valence-electron chi connectivity index (χ0n) is 19.3. The fraction of sp³-hybridized carbons (Fsp3) is 0.208. The van der Waals surface area contributed by atoms with Gasteiger partial charge >= 0.3 is 6.18 Å². The topological polar surface area (TPSA) is 111 Å². The van der Waals surface area contributed by atoms with Crippen LogP contribution in [0.3, 0.4) is 0 Å². The van der Waals surface area contributed by atoms with Crippen molar-refractivity contribution in [2.45, 2.75) is 33.0 Å². The molecule has 0 aliphatic rings. The van der Waals surface area contributed by atoms with E-state index in [1.807, 2.05) is 12.3 Å². The number of rotatable bonds is 5. The molecule has 0 saturated carbocycles. The maximum Gasteiger partial charge on any atom is 0.434 e. The Morgan fingerprint density at radius 1 is 0.972 bits per heavy atom. The van der Waals surface area contributed by atoms with Gasteiger partial charge in [0.05, 0.1) is 22.8 Å². The van der Waals surface area contributed by atoms with E-state index in [9.17, 15) is 27.6 Å². The number of amides is 2. The Balaban J connectivity index is 1.63. The first-order valence-corrected chi connectivity index (χ1v) is 10.9. The van der Waals surface area contributed by atoms with E-state index < -0.39 is 29.2 Å². The molecule has 0 unspecified atom stereocenters. The molecule has 0 bridgehead atoms. The van der Waals surface area contributed by atoms with Gasteiger partial charge in [0.1, 0.15) is 0 Å². The summed E-state index contributed by atoms with van der Waals surface area (Å²) in [6, 6.07) is 12.4. The van der Waals surface area contributed by atoms with E-state index in [2.05, 4.69) is 15.6 Å². The van der Waals surface area contributed by atoms with Crippen molar-refractivity contribution in [1.29, 1.82) is 0 Å². The molecule has 0 spiro atoms. The van der Waals surface area contributed by atoms with Gasteiger partial charge in [-0.3, -0.25) is 25.2 Å². The fourth-order valence-corrected chi connectivity index (χ4v) is 3.68. The Kier molecular flexibility index (Phi) is 6.60. The predicted octanol–water partition coefficient (Wildman–Crippen LogP) is 3.39. The summed E-state index contributed by atoms with van der Waals surface area (Å²) in [5.74, 6) is -2.12. The molecule has 0 saturated heterocycles. The highest BCUT2D eigenvalue weighted by atomic mass is 19.4. The lowest BCUT2D eigenvalue weighted by Gasteiger charge is -2.14. The summed E-state index contributed by atoms with van der Waals surface area (Å²) in [6.45, 7) is 3.87. The molecule has 4 rings (SSSR count). The average molecular weight is 498 g/mol. The van der Waals surface area contributed by atoms with Gasteiger partial charge in [-0.2, -0.15) is 23.4 Å². The van der Waals surface area contributed by atoms with E-state index in [1.54, 1.807) is 31.2 Å². The van der Waals surface area contributed by atoms with Crippen LogP contribution in [0.1, 0.15) is 45.4 Å². The first-order chi connectivity index (χ1) is 17.1. The third-order valence-electron chi connectivity index (χ3n) is 5.37. The van der Waals surface area contributed by atoms with E-state index in [-0.39, 0.29) is 34.3 Å². The molecule has 4 aromatic rings. The molecule has 2 aromatic carbocycles. The van der Waals surface area contributed by atoms with Gasteiger partial charge in [-0.15, -0.1) is 0 Å². The summed E-state index contributed by atoms with van der Waals surface area (Å²) in [5.41, 5.74) is 2.42. The van der Waals surface area contributed by atoms with Crippen molar-refractivity contribution in [2.24, 2.45) is 0 Å². The van der Waals surface area contributed by atoms with Crippen LogP contribution in [0.25, 0.3) is 16.5 Å². The first-order valence-electron chi connectivity index (χ1n) is 10.9. The maximum absolute atomic E-state index is 13.9. The summed E-state index contributed by atoms with van der Waals surface area (Å²) in [6.07, 6.45) is -3.56. The second-order valence-corrected chi connectivity index (χ2v) is 7.98. The van der Waals surface area contributed by atoms with Crippen LogP contribution in [-0.4, -0.2) is 31.4 Å². The number of aromatic nitrogens is 4. The lowest BCUT2D eigenvalue weighted by Crippen LogP contribution is -2.43. The predicted molar refractivity (Wildman–Crippen MR) is 125 cm³/mol. The normalized spacial score (nSPS) is 11.5. The Morgan fingerprint density at radius 2 is 1.61 bits per heavy atom. The van der Waals surface area contributed by atoms with Gasteiger partial charge in [0.25, 0.3) is 17.4 Å². The number of carbonyl (C=O) groups excluding carboxylic acids is 2. The molecule has 2 aromatic heterocycles. The number of aryl methyl sites for hydroxylation is 2. The van der Waals surface area contributed by atoms with Crippen molar-refractivity contribution in [3.05, 3.63) is 87.6 Å². The SMILES string of the molecule is CCCn1nc(C(=O)NNC(=O)c2cnn(-c3ccc(C)cc3)c2C(F)(F)F)c2ccccc2c1=O. The van der Waals surface area contributed by atoms with E-state index in [1.165, 1.54) is 24.3 Å². The summed E-state index contributed by atoms with van der Waals surface area (Å²) < 4.78 is 43.4. The Hall–Kier alpha value is -4.48. The highest BCUT2D eigenvalue weighted by Crippen LogP contribution is 2.33. The molecule has 0 atom stereocenters. The highest BCUT2D eigenvalue weighted by molar-refractivity contribution is 6.06. The molecule has 186 valence electrons. The molecule has 0 aliphatic carbocycles. The maximum atomic E-state index is 13.9. The molecular formula is C24H21F3N6O3. The summed E-state index contributed by atoms with van der Waals surface area (Å²) in [5, 5.41) is 8.32. The van der Waals surface area contributed by atoms with Gasteiger partial charge in [0.2, 0.25) is 0 Å². The van der Waals surface area contributed by atoms with Gasteiger partial charge in [0.15, 0.2) is 11.4 Å². The number of benzene rings is 2. The molecule has 9 nitrogen and oxygen atoms in total. The van der Waals surface area contributed by atoms with Crippen LogP contribution < -0.4 is 16.4 Å². The molecule has 0 radical (unpaired) electrons. The zero-order chi connectivity index (χ0) is 26.0. The Morgan fingerprint density at radius 3 is 2.25 bits per heavy atom. The minimum absolute atomic E-state index is 0.116. The number of nitrogens with one attached hydrogen (secondary N) is 2. The number of nitrogens with zero attached hydrogens (tertiary/aromatic N) is 4. The lowest BCUT2D eigenvalue weighted by molar-refractivity contribution is -0.143. The quantitative estimate of drug-likeness (QED) is 0.410. The number of alkyl halides is 3. The van der Waals surface area contributed by atoms with Crippen molar-refractivity contribution in [3.8, 4) is 5.69 Å². The van der Waals surface area contributed by atoms with Crippen LogP contribution in [0.2, 0.25) is 0 Å². The van der Waals surface area contributed by atoms with Crippen LogP contribution in [0.5, 0.6) is 0 Å². The largest absolute Gasteiger partial charge is 0.434 e. The summed E-state index contributed by atoms with van der Waals surface area (Å²) >= 11 is 0. The van der Waals surface area contributed by atoms with E-state index >= 15 is 0 Å². The third-order valence-corrected chi connectivity index (χ3v) is 5.37. The Bertz CT molecular complexity index is 1510. The zero-order valence-corrected chi connectivity index (χ0v) is 19.3. The van der Waals surface area contributed by atoms with Crippen molar-refractivity contribution in [1.82, 2.24) is 30.4 Å². The van der Waals surface area contributed by atoms with Crippen LogP contribution in [0.15, 0.2) is 59.5 Å². The van der Waals surface area contributed by atoms with Gasteiger partial charge < -0.3 is 0 Å². The summed E-state index contributed by atoms with van der Waals surface area (Å²) in [4.78, 5) is 38.1. The second kappa shape index (κ2) is 9.64. The number of hydrogen-bond donors (Lipinski definition) is 2. The van der Waals surface area contributed by atoms with Gasteiger partial charge in [0, 0.05) is 11.9 Å². The minimum Gasteiger partial charge on any atom is -0.267 e. The molecular weight excluding hydrogens is 477 g/mol. The standard InChI is InChI=1S/C24H21F3N6O3/c1-3-12-32-23(36)17-7-5-4-6-16(17)19(31-32)22(35)30-29-21(34)18-13-28-33(20(18)24(25,26)27)15-10-8-14(2)9-11-15/h4-11,13H,3,12H2,1-2H3,(H,29,34)(H,30,35). The van der Waals surface area contributed by atoms with Crippen LogP contribution in [0, 0.1) is 6.92 Å². The Labute approximate surface area is 202 Å². The van der Waals surface area contributed by atoms with Crippen LogP contribution in [-0.2, 0) is 12.7 Å². The monoisotopic (exact) mass is 498 g/mol. The van der Waals surface area contributed by atoms with Gasteiger partial charge in [-0.25, -0.2) is 9.36 Å². The molecule has 0 fully saturated rings. The fourth-order valence-electron chi connectivity index (χ4n) is 3.68. The van der Waals surface area contributed by atoms with E-state index in [0.29, 0.717) is 11.1 Å². The third kappa shape index (κ3) is 4.69. The number of hydrogen-bond acceptors (Lipinski definition) is 5. The van der Waals surface area contributed by atoms with E-state index in [0.717, 1.165) is 16.4 Å². The molecule has 36 heavy (non-hydrogen) atoms. The van der Waals surface area contributed by atoms with Crippen molar-refractivity contribution in [2.75, 3.05) is 0 Å². The molecule has 0 aliphatic heterocycles. The number of fused-ring (bicyclic) bond motifs is 1. The lowest BCUT2D eigenvalue weighted by atomic mass is 10.1. The average Bonchev–Trinajstić information content (AvgIpc) is 3.31. The first kappa shape index (κ1) is 24.6. The number of carbonyl (C=O) groups is 2. The van der Waals surface area contributed by atoms with Gasteiger partial charge in [-0.05, 0) is 31.5 Å². The smallest absolute Gasteiger partial charge is 0.267 e. The van der Waals surface area contributed by atoms with Crippen molar-refractivity contribution >= 4 is 22.6 Å². The second-order valence-electron chi connectivity index (χ2n) is 7.98.